The number of hydrogen-bond acceptors (Lipinski definition) is 2. The zero-order chi connectivity index (χ0) is 13.9. The molecule has 1 aliphatic carbocycles. The molecule has 1 aromatic heterocycles. The maximum absolute atomic E-state index is 13.1. The van der Waals surface area contributed by atoms with Gasteiger partial charge in [0.1, 0.15) is 11.6 Å². The average molecular weight is 270 g/mol. The summed E-state index contributed by atoms with van der Waals surface area (Å²) in [7, 11) is 0. The molecule has 1 saturated carbocycles. The van der Waals surface area contributed by atoms with Gasteiger partial charge in [-0.05, 0) is 60.1 Å². The minimum Gasteiger partial charge on any atom is -0.384 e. The zero-order valence-electron chi connectivity index (χ0n) is 11.4. The summed E-state index contributed by atoms with van der Waals surface area (Å²) in [6.45, 7) is 0. The van der Waals surface area contributed by atoms with E-state index in [1.807, 2.05) is 18.2 Å². The van der Waals surface area contributed by atoms with Gasteiger partial charge in [-0.2, -0.15) is 0 Å². The molecule has 1 heterocycles. The van der Waals surface area contributed by atoms with Crippen molar-refractivity contribution in [3.05, 3.63) is 59.5 Å². The van der Waals surface area contributed by atoms with E-state index in [-0.39, 0.29) is 5.82 Å². The van der Waals surface area contributed by atoms with Crippen molar-refractivity contribution in [2.75, 3.05) is 5.73 Å². The Kier molecular flexibility index (Phi) is 3.68. The smallest absolute Gasteiger partial charge is 0.123 e. The molecule has 0 bridgehead atoms. The number of pyridine rings is 1. The number of nitrogens with two attached hydrogens (primary N) is 1. The Labute approximate surface area is 118 Å². The van der Waals surface area contributed by atoms with Crippen molar-refractivity contribution in [1.29, 1.82) is 0 Å². The lowest BCUT2D eigenvalue weighted by Gasteiger charge is -2.32. The predicted molar refractivity (Wildman–Crippen MR) is 79.0 cm³/mol. The highest BCUT2D eigenvalue weighted by Crippen LogP contribution is 2.44. The van der Waals surface area contributed by atoms with E-state index in [2.05, 4.69) is 11.1 Å². The molecule has 2 aromatic rings. The highest BCUT2D eigenvalue weighted by Gasteiger charge is 2.27. The molecule has 0 radical (unpaired) electrons. The number of nitrogens with zero attached hydrogens (tertiary/aromatic N) is 1. The first-order chi connectivity index (χ1) is 9.74. The van der Waals surface area contributed by atoms with Crippen LogP contribution in [0.15, 0.2) is 42.6 Å². The van der Waals surface area contributed by atoms with Crippen LogP contribution in [0.5, 0.6) is 0 Å². The highest BCUT2D eigenvalue weighted by molar-refractivity contribution is 5.36. The van der Waals surface area contributed by atoms with E-state index < -0.39 is 0 Å². The fourth-order valence-corrected chi connectivity index (χ4v) is 3.33. The molecular weight excluding hydrogens is 251 g/mol. The van der Waals surface area contributed by atoms with E-state index >= 15 is 0 Å². The van der Waals surface area contributed by atoms with Crippen LogP contribution in [0.3, 0.4) is 0 Å². The highest BCUT2D eigenvalue weighted by atomic mass is 19.1. The molecule has 0 aliphatic heterocycles. The van der Waals surface area contributed by atoms with Gasteiger partial charge in [-0.25, -0.2) is 9.37 Å². The number of aromatic nitrogens is 1. The Morgan fingerprint density at radius 1 is 0.950 bits per heavy atom. The molecule has 1 aliphatic rings. The van der Waals surface area contributed by atoms with Gasteiger partial charge in [0.05, 0.1) is 0 Å². The molecule has 2 N–H and O–H groups in total. The van der Waals surface area contributed by atoms with Crippen molar-refractivity contribution < 1.29 is 4.39 Å². The van der Waals surface area contributed by atoms with Gasteiger partial charge in [0.25, 0.3) is 0 Å². The van der Waals surface area contributed by atoms with Gasteiger partial charge >= 0.3 is 0 Å². The quantitative estimate of drug-likeness (QED) is 0.886. The number of anilines is 1. The second-order valence-corrected chi connectivity index (χ2v) is 5.56. The third kappa shape index (κ3) is 2.67. The Morgan fingerprint density at radius 3 is 2.25 bits per heavy atom. The molecule has 0 amide bonds. The van der Waals surface area contributed by atoms with Gasteiger partial charge in [-0.15, -0.1) is 0 Å². The van der Waals surface area contributed by atoms with Gasteiger partial charge < -0.3 is 5.73 Å². The van der Waals surface area contributed by atoms with Gasteiger partial charge in [-0.1, -0.05) is 25.0 Å². The summed E-state index contributed by atoms with van der Waals surface area (Å²) in [5.74, 6) is 1.31. The second kappa shape index (κ2) is 5.61. The van der Waals surface area contributed by atoms with Crippen molar-refractivity contribution in [2.45, 2.75) is 37.5 Å². The Bertz CT molecular complexity index is 580. The first-order valence-corrected chi connectivity index (χ1v) is 7.21. The van der Waals surface area contributed by atoms with E-state index in [9.17, 15) is 4.39 Å². The Morgan fingerprint density at radius 2 is 1.60 bits per heavy atom. The zero-order valence-corrected chi connectivity index (χ0v) is 11.4. The summed E-state index contributed by atoms with van der Waals surface area (Å²) < 4.78 is 13.1. The van der Waals surface area contributed by atoms with E-state index in [1.54, 1.807) is 18.3 Å². The van der Waals surface area contributed by atoms with Crippen molar-refractivity contribution in [3.63, 3.8) is 0 Å². The van der Waals surface area contributed by atoms with Crippen LogP contribution >= 0.6 is 0 Å². The molecule has 1 fully saturated rings. The lowest BCUT2D eigenvalue weighted by Crippen LogP contribution is -2.16. The van der Waals surface area contributed by atoms with Gasteiger partial charge in [-0.3, -0.25) is 0 Å². The number of hydrogen-bond donors (Lipinski definition) is 1. The van der Waals surface area contributed by atoms with Crippen LogP contribution in [0, 0.1) is 5.82 Å². The topological polar surface area (TPSA) is 38.9 Å². The van der Waals surface area contributed by atoms with Crippen LogP contribution in [0.25, 0.3) is 0 Å². The monoisotopic (exact) mass is 270 g/mol. The third-order valence-electron chi connectivity index (χ3n) is 4.30. The van der Waals surface area contributed by atoms with Gasteiger partial charge in [0.15, 0.2) is 0 Å². The number of rotatable bonds is 2. The number of halogens is 1. The molecule has 0 spiro atoms. The first kappa shape index (κ1) is 13.1. The van der Waals surface area contributed by atoms with Crippen molar-refractivity contribution in [1.82, 2.24) is 4.98 Å². The fourth-order valence-electron chi connectivity index (χ4n) is 3.33. The van der Waals surface area contributed by atoms with Crippen LogP contribution in [-0.2, 0) is 0 Å². The summed E-state index contributed by atoms with van der Waals surface area (Å²) >= 11 is 0. The summed E-state index contributed by atoms with van der Waals surface area (Å²) in [5, 5.41) is 0. The summed E-state index contributed by atoms with van der Waals surface area (Å²) in [5.41, 5.74) is 8.29. The first-order valence-electron chi connectivity index (χ1n) is 7.21. The van der Waals surface area contributed by atoms with Gasteiger partial charge in [0, 0.05) is 6.20 Å². The maximum atomic E-state index is 13.1. The van der Waals surface area contributed by atoms with Crippen LogP contribution in [0.2, 0.25) is 0 Å². The largest absolute Gasteiger partial charge is 0.384 e. The fraction of sp³-hybridized carbons (Fsp3) is 0.353. The molecule has 1 aromatic carbocycles. The Hall–Kier alpha value is -1.90. The van der Waals surface area contributed by atoms with Crippen molar-refractivity contribution >= 4 is 5.82 Å². The minimum atomic E-state index is -0.172. The molecule has 2 nitrogen and oxygen atoms in total. The third-order valence-corrected chi connectivity index (χ3v) is 4.30. The van der Waals surface area contributed by atoms with Gasteiger partial charge in [0.2, 0.25) is 0 Å². The normalized spacial score (nSPS) is 22.6. The van der Waals surface area contributed by atoms with Crippen molar-refractivity contribution in [2.24, 2.45) is 0 Å². The molecule has 20 heavy (non-hydrogen) atoms. The van der Waals surface area contributed by atoms with E-state index in [1.165, 1.54) is 24.0 Å². The van der Waals surface area contributed by atoms with Crippen molar-refractivity contribution in [3.8, 4) is 0 Å². The lowest BCUT2D eigenvalue weighted by atomic mass is 9.72. The molecule has 2 atom stereocenters. The number of benzene rings is 1. The van der Waals surface area contributed by atoms with E-state index in [4.69, 9.17) is 5.73 Å². The number of nitrogen functional groups attached to an aromatic ring is 1. The molecule has 104 valence electrons. The standard InChI is InChI=1S/C17H19FN2/c18-14-7-5-12(6-8-14)15-3-1-2-4-16(15)13-9-10-20-17(19)11-13/h5-11,15-16H,1-4H2,(H2,19,20)/t15-,16+/m1/s1. The second-order valence-electron chi connectivity index (χ2n) is 5.56. The molecule has 3 rings (SSSR count). The van der Waals surface area contributed by atoms with Crippen LogP contribution in [0.4, 0.5) is 10.2 Å². The predicted octanol–water partition coefficient (Wildman–Crippen LogP) is 4.24. The minimum absolute atomic E-state index is 0.172. The Balaban J connectivity index is 1.93. The van der Waals surface area contributed by atoms with Crippen LogP contribution in [0.1, 0.15) is 48.6 Å². The summed E-state index contributed by atoms with van der Waals surface area (Å²) in [4.78, 5) is 4.07. The maximum Gasteiger partial charge on any atom is 0.123 e. The van der Waals surface area contributed by atoms with Crippen LogP contribution < -0.4 is 5.73 Å². The average Bonchev–Trinajstić information content (AvgIpc) is 2.48. The van der Waals surface area contributed by atoms with E-state index in [0.717, 1.165) is 12.8 Å². The molecule has 0 unspecified atom stereocenters. The summed E-state index contributed by atoms with van der Waals surface area (Å²) in [6.07, 6.45) is 6.56. The summed E-state index contributed by atoms with van der Waals surface area (Å²) in [6, 6.07) is 11.0. The molecule has 3 heteroatoms. The molecule has 0 saturated heterocycles. The SMILES string of the molecule is Nc1cc([C@@H]2CCCC[C@@H]2c2ccc(F)cc2)ccn1. The van der Waals surface area contributed by atoms with E-state index in [0.29, 0.717) is 17.7 Å². The molecular formula is C17H19FN2. The van der Waals surface area contributed by atoms with Crippen LogP contribution in [-0.4, -0.2) is 4.98 Å². The lowest BCUT2D eigenvalue weighted by molar-refractivity contribution is 0.386.